The zero-order chi connectivity index (χ0) is 22.0. The number of carbonyl (C=O) groups is 2. The number of nitrogens with zero attached hydrogens (tertiary/aromatic N) is 7. The molecule has 0 atom stereocenters. The molecule has 31 heavy (non-hydrogen) atoms. The van der Waals surface area contributed by atoms with Crippen LogP contribution in [0.4, 0.5) is 10.3 Å². The van der Waals surface area contributed by atoms with Crippen molar-refractivity contribution in [2.75, 3.05) is 18.0 Å². The Morgan fingerprint density at radius 1 is 1.19 bits per heavy atom. The number of carboxylic acids is 1. The summed E-state index contributed by atoms with van der Waals surface area (Å²) in [7, 11) is 0. The van der Waals surface area contributed by atoms with E-state index in [1.54, 1.807) is 0 Å². The van der Waals surface area contributed by atoms with Crippen LogP contribution in [-0.4, -0.2) is 60.1 Å². The predicted molar refractivity (Wildman–Crippen MR) is 107 cm³/mol. The number of carbonyl (C=O) groups excluding carboxylic acids is 1. The van der Waals surface area contributed by atoms with Gasteiger partial charge in [0, 0.05) is 37.0 Å². The van der Waals surface area contributed by atoms with Crippen molar-refractivity contribution >= 4 is 29.3 Å². The molecule has 0 radical (unpaired) electrons. The Morgan fingerprint density at radius 3 is 2.58 bits per heavy atom. The zero-order valence-corrected chi connectivity index (χ0v) is 16.9. The minimum atomic E-state index is -1.07. The van der Waals surface area contributed by atoms with E-state index in [2.05, 4.69) is 25.4 Å². The predicted octanol–water partition coefficient (Wildman–Crippen LogP) is 2.11. The lowest BCUT2D eigenvalue weighted by molar-refractivity contribution is -0.138. The van der Waals surface area contributed by atoms with E-state index in [-0.39, 0.29) is 34.7 Å². The van der Waals surface area contributed by atoms with Crippen LogP contribution in [0.25, 0.3) is 11.4 Å². The highest BCUT2D eigenvalue weighted by Crippen LogP contribution is 2.27. The van der Waals surface area contributed by atoms with E-state index >= 15 is 0 Å². The SMILES string of the molecule is O=C(O)Cn1nnc(-c2cnc(N3CCC(C(=O)c4cc(F)ccc4Cl)CC3)nc2)n1. The number of anilines is 1. The summed E-state index contributed by atoms with van der Waals surface area (Å²) in [5, 5.41) is 20.5. The number of hydrogen-bond acceptors (Lipinski definition) is 8. The number of ketones is 1. The van der Waals surface area contributed by atoms with Gasteiger partial charge in [-0.15, -0.1) is 10.2 Å². The molecule has 0 amide bonds. The van der Waals surface area contributed by atoms with Crippen molar-refractivity contribution in [2.45, 2.75) is 19.4 Å². The number of halogens is 2. The Hall–Kier alpha value is -3.47. The Labute approximate surface area is 180 Å². The number of rotatable bonds is 6. The van der Waals surface area contributed by atoms with Crippen LogP contribution in [0.15, 0.2) is 30.6 Å². The van der Waals surface area contributed by atoms with Gasteiger partial charge in [0.2, 0.25) is 11.8 Å². The molecule has 1 aliphatic rings. The molecule has 0 saturated carbocycles. The van der Waals surface area contributed by atoms with Crippen LogP contribution in [0, 0.1) is 11.7 Å². The minimum Gasteiger partial charge on any atom is -0.480 e. The van der Waals surface area contributed by atoms with Crippen molar-refractivity contribution < 1.29 is 19.1 Å². The number of carboxylic acid groups (broad SMARTS) is 1. The van der Waals surface area contributed by atoms with Crippen LogP contribution in [0.3, 0.4) is 0 Å². The first kappa shape index (κ1) is 20.8. The van der Waals surface area contributed by atoms with Gasteiger partial charge in [0.05, 0.1) is 10.6 Å². The van der Waals surface area contributed by atoms with Gasteiger partial charge in [-0.05, 0) is 36.3 Å². The van der Waals surface area contributed by atoms with Gasteiger partial charge in [0.15, 0.2) is 12.3 Å². The van der Waals surface area contributed by atoms with Crippen molar-refractivity contribution in [1.29, 1.82) is 0 Å². The van der Waals surface area contributed by atoms with E-state index in [0.29, 0.717) is 37.4 Å². The standard InChI is InChI=1S/C19H17ClFN7O3/c20-15-2-1-13(21)7-14(15)17(31)11-3-5-27(6-4-11)19-22-8-12(9-23-19)18-24-26-28(25-18)10-16(29)30/h1-2,7-9,11H,3-6,10H2,(H,29,30). The fraction of sp³-hybridized carbons (Fsp3) is 0.316. The van der Waals surface area contributed by atoms with Crippen LogP contribution >= 0.6 is 11.6 Å². The van der Waals surface area contributed by atoms with E-state index in [9.17, 15) is 14.0 Å². The summed E-state index contributed by atoms with van der Waals surface area (Å²) < 4.78 is 13.5. The quantitative estimate of drug-likeness (QED) is 0.567. The van der Waals surface area contributed by atoms with E-state index < -0.39 is 11.8 Å². The zero-order valence-electron chi connectivity index (χ0n) is 16.1. The first-order valence-corrected chi connectivity index (χ1v) is 9.85. The highest BCUT2D eigenvalue weighted by atomic mass is 35.5. The molecule has 0 unspecified atom stereocenters. The second-order valence-corrected chi connectivity index (χ2v) is 7.47. The Morgan fingerprint density at radius 2 is 1.90 bits per heavy atom. The van der Waals surface area contributed by atoms with Crippen molar-refractivity contribution in [3.05, 3.63) is 47.0 Å². The molecule has 10 nitrogen and oxygen atoms in total. The molecule has 3 heterocycles. The van der Waals surface area contributed by atoms with Gasteiger partial charge in [0.1, 0.15) is 5.82 Å². The van der Waals surface area contributed by atoms with Gasteiger partial charge in [-0.2, -0.15) is 4.80 Å². The second-order valence-electron chi connectivity index (χ2n) is 7.06. The average molecular weight is 446 g/mol. The molecule has 1 fully saturated rings. The smallest absolute Gasteiger partial charge is 0.327 e. The highest BCUT2D eigenvalue weighted by Gasteiger charge is 2.28. The Balaban J connectivity index is 1.39. The minimum absolute atomic E-state index is 0.157. The third kappa shape index (κ3) is 4.66. The molecule has 0 bridgehead atoms. The Kier molecular flexibility index (Phi) is 5.85. The largest absolute Gasteiger partial charge is 0.480 e. The molecule has 1 N–H and O–H groups in total. The summed E-state index contributed by atoms with van der Waals surface area (Å²) in [6.07, 6.45) is 4.21. The van der Waals surface area contributed by atoms with E-state index in [1.165, 1.54) is 30.6 Å². The monoisotopic (exact) mass is 445 g/mol. The molecule has 0 spiro atoms. The number of Topliss-reactive ketones (excluding diaryl/α,β-unsaturated/α-hetero) is 1. The number of aromatic nitrogens is 6. The van der Waals surface area contributed by atoms with Gasteiger partial charge in [-0.1, -0.05) is 11.6 Å². The fourth-order valence-electron chi connectivity index (χ4n) is 3.39. The summed E-state index contributed by atoms with van der Waals surface area (Å²) in [4.78, 5) is 35.0. The van der Waals surface area contributed by atoms with Crippen LogP contribution < -0.4 is 4.90 Å². The molecule has 1 aliphatic heterocycles. The summed E-state index contributed by atoms with van der Waals surface area (Å²) in [6.45, 7) is 0.742. The van der Waals surface area contributed by atoms with Gasteiger partial charge < -0.3 is 10.0 Å². The third-order valence-electron chi connectivity index (χ3n) is 4.97. The summed E-state index contributed by atoms with van der Waals surface area (Å²) in [5.41, 5.74) is 0.718. The van der Waals surface area contributed by atoms with Crippen LogP contribution in [-0.2, 0) is 11.3 Å². The summed E-state index contributed by atoms with van der Waals surface area (Å²) in [6, 6.07) is 3.80. The maximum atomic E-state index is 13.5. The van der Waals surface area contributed by atoms with Crippen LogP contribution in [0.5, 0.6) is 0 Å². The van der Waals surface area contributed by atoms with Gasteiger partial charge >= 0.3 is 5.97 Å². The molecule has 3 aromatic rings. The second kappa shape index (κ2) is 8.72. The van der Waals surface area contributed by atoms with Gasteiger partial charge in [-0.25, -0.2) is 14.4 Å². The highest BCUT2D eigenvalue weighted by molar-refractivity contribution is 6.34. The molecule has 4 rings (SSSR count). The summed E-state index contributed by atoms with van der Waals surface area (Å²) in [5.74, 6) is -1.24. The first-order chi connectivity index (χ1) is 14.9. The molecule has 160 valence electrons. The lowest BCUT2D eigenvalue weighted by atomic mass is 9.89. The normalized spacial score (nSPS) is 14.6. The van der Waals surface area contributed by atoms with Gasteiger partial charge in [0.25, 0.3) is 0 Å². The molecule has 1 aromatic carbocycles. The molecule has 2 aromatic heterocycles. The lowest BCUT2D eigenvalue weighted by Gasteiger charge is -2.31. The van der Waals surface area contributed by atoms with Gasteiger partial charge in [-0.3, -0.25) is 9.59 Å². The van der Waals surface area contributed by atoms with Crippen LogP contribution in [0.1, 0.15) is 23.2 Å². The molecular weight excluding hydrogens is 429 g/mol. The van der Waals surface area contributed by atoms with Crippen molar-refractivity contribution in [3.63, 3.8) is 0 Å². The average Bonchev–Trinajstić information content (AvgIpc) is 3.23. The summed E-state index contributed by atoms with van der Waals surface area (Å²) >= 11 is 6.06. The molecular formula is C19H17ClFN7O3. The van der Waals surface area contributed by atoms with Crippen LogP contribution in [0.2, 0.25) is 5.02 Å². The fourth-order valence-corrected chi connectivity index (χ4v) is 3.61. The number of benzene rings is 1. The number of tetrazole rings is 1. The van der Waals surface area contributed by atoms with E-state index in [1.807, 2.05) is 4.90 Å². The topological polar surface area (TPSA) is 127 Å². The van der Waals surface area contributed by atoms with Crippen molar-refractivity contribution in [3.8, 4) is 11.4 Å². The van der Waals surface area contributed by atoms with Crippen molar-refractivity contribution in [2.24, 2.45) is 5.92 Å². The lowest BCUT2D eigenvalue weighted by Crippen LogP contribution is -2.37. The molecule has 1 saturated heterocycles. The first-order valence-electron chi connectivity index (χ1n) is 9.47. The Bertz CT molecular complexity index is 1110. The third-order valence-corrected chi connectivity index (χ3v) is 5.30. The maximum absolute atomic E-state index is 13.5. The number of aliphatic carboxylic acids is 1. The number of piperidine rings is 1. The number of hydrogen-bond donors (Lipinski definition) is 1. The van der Waals surface area contributed by atoms with Crippen molar-refractivity contribution in [1.82, 2.24) is 30.2 Å². The molecule has 12 heteroatoms. The van der Waals surface area contributed by atoms with E-state index in [0.717, 1.165) is 4.80 Å². The molecule has 0 aliphatic carbocycles. The van der Waals surface area contributed by atoms with E-state index in [4.69, 9.17) is 16.7 Å². The maximum Gasteiger partial charge on any atom is 0.327 e.